The summed E-state index contributed by atoms with van der Waals surface area (Å²) in [5.41, 5.74) is 0. The summed E-state index contributed by atoms with van der Waals surface area (Å²) in [5.74, 6) is 1.60. The van der Waals surface area contributed by atoms with Crippen molar-refractivity contribution in [3.63, 3.8) is 0 Å². The highest BCUT2D eigenvalue weighted by molar-refractivity contribution is 5.02. The lowest BCUT2D eigenvalue weighted by Gasteiger charge is -2.49. The molecule has 0 radical (unpaired) electrons. The maximum absolute atomic E-state index is 10.1. The van der Waals surface area contributed by atoms with Crippen LogP contribution in [0.15, 0.2) is 0 Å². The van der Waals surface area contributed by atoms with Gasteiger partial charge in [0.25, 0.3) is 0 Å². The van der Waals surface area contributed by atoms with Gasteiger partial charge in [-0.2, -0.15) is 0 Å². The molecule has 1 saturated heterocycles. The average Bonchev–Trinajstić information content (AvgIpc) is 2.69. The van der Waals surface area contributed by atoms with Crippen LogP contribution in [-0.4, -0.2) is 38.0 Å². The smallest absolute Gasteiger partial charge is 0.163 e. The SMILES string of the molecule is CO[C@H]1O[C@@H](OC)[C@H]2[C@@H]3CC[C@H](C[C@H]3O)[C@@H]12. The van der Waals surface area contributed by atoms with Gasteiger partial charge in [-0.25, -0.2) is 0 Å². The Morgan fingerprint density at radius 1 is 1.06 bits per heavy atom. The predicted octanol–water partition coefficient (Wildman–Crippen LogP) is 0.985. The molecule has 4 rings (SSSR count). The minimum Gasteiger partial charge on any atom is -0.393 e. The van der Waals surface area contributed by atoms with Crippen LogP contribution in [0.5, 0.6) is 0 Å². The Bertz CT molecular complexity index is 270. The summed E-state index contributed by atoms with van der Waals surface area (Å²) in [6, 6.07) is 0. The number of hydrogen-bond acceptors (Lipinski definition) is 4. The Morgan fingerprint density at radius 3 is 2.38 bits per heavy atom. The summed E-state index contributed by atoms with van der Waals surface area (Å²) in [5, 5.41) is 10.1. The predicted molar refractivity (Wildman–Crippen MR) is 56.5 cm³/mol. The van der Waals surface area contributed by atoms with Gasteiger partial charge >= 0.3 is 0 Å². The molecule has 0 aromatic heterocycles. The zero-order valence-electron chi connectivity index (χ0n) is 9.83. The number of fused-ring (bicyclic) bond motifs is 2. The monoisotopic (exact) mass is 228 g/mol. The summed E-state index contributed by atoms with van der Waals surface area (Å²) in [4.78, 5) is 0. The van der Waals surface area contributed by atoms with E-state index < -0.39 is 0 Å². The quantitative estimate of drug-likeness (QED) is 0.765. The third-order valence-electron chi connectivity index (χ3n) is 4.75. The Balaban J connectivity index is 1.89. The minimum atomic E-state index is -0.197. The first-order valence-corrected chi connectivity index (χ1v) is 6.15. The fraction of sp³-hybridized carbons (Fsp3) is 1.00. The number of aliphatic hydroxyl groups excluding tert-OH is 1. The Kier molecular flexibility index (Phi) is 2.70. The number of aliphatic hydroxyl groups is 1. The molecule has 4 aliphatic rings. The fourth-order valence-corrected chi connectivity index (χ4v) is 4.13. The van der Waals surface area contributed by atoms with E-state index in [1.807, 2.05) is 0 Å². The van der Waals surface area contributed by atoms with Gasteiger partial charge in [0, 0.05) is 26.1 Å². The summed E-state index contributed by atoms with van der Waals surface area (Å²) >= 11 is 0. The second kappa shape index (κ2) is 3.95. The molecule has 0 unspecified atom stereocenters. The molecule has 3 saturated carbocycles. The molecule has 0 aromatic rings. The molecule has 0 amide bonds. The number of methoxy groups -OCH3 is 2. The van der Waals surface area contributed by atoms with Gasteiger partial charge in [-0.05, 0) is 31.1 Å². The zero-order chi connectivity index (χ0) is 11.3. The van der Waals surface area contributed by atoms with Gasteiger partial charge in [0.05, 0.1) is 6.10 Å². The van der Waals surface area contributed by atoms with Crippen molar-refractivity contribution < 1.29 is 19.3 Å². The highest BCUT2D eigenvalue weighted by Gasteiger charge is 2.58. The van der Waals surface area contributed by atoms with Crippen LogP contribution in [0, 0.1) is 23.7 Å². The molecule has 92 valence electrons. The van der Waals surface area contributed by atoms with Gasteiger partial charge in [0.1, 0.15) is 0 Å². The number of hydrogen-bond donors (Lipinski definition) is 1. The average molecular weight is 228 g/mol. The summed E-state index contributed by atoms with van der Waals surface area (Å²) in [6.45, 7) is 0. The van der Waals surface area contributed by atoms with Crippen molar-refractivity contribution in [3.05, 3.63) is 0 Å². The molecule has 16 heavy (non-hydrogen) atoms. The number of rotatable bonds is 2. The van der Waals surface area contributed by atoms with Crippen LogP contribution >= 0.6 is 0 Å². The van der Waals surface area contributed by atoms with E-state index in [0.29, 0.717) is 23.7 Å². The van der Waals surface area contributed by atoms with E-state index in [2.05, 4.69) is 0 Å². The molecule has 0 spiro atoms. The van der Waals surface area contributed by atoms with E-state index in [4.69, 9.17) is 14.2 Å². The molecule has 4 heteroatoms. The van der Waals surface area contributed by atoms with Crippen LogP contribution in [0.1, 0.15) is 19.3 Å². The van der Waals surface area contributed by atoms with Crippen LogP contribution in [-0.2, 0) is 14.2 Å². The van der Waals surface area contributed by atoms with E-state index in [0.717, 1.165) is 12.8 Å². The number of ether oxygens (including phenoxy) is 3. The Labute approximate surface area is 95.9 Å². The van der Waals surface area contributed by atoms with Crippen molar-refractivity contribution in [3.8, 4) is 0 Å². The maximum atomic E-state index is 10.1. The van der Waals surface area contributed by atoms with Gasteiger partial charge < -0.3 is 19.3 Å². The molecular weight excluding hydrogens is 208 g/mol. The molecule has 4 fully saturated rings. The van der Waals surface area contributed by atoms with Crippen LogP contribution in [0.3, 0.4) is 0 Å². The standard InChI is InChI=1S/C12H20O4/c1-14-11-9-6-3-4-7(8(13)5-6)10(9)12(15-2)16-11/h6-13H,3-5H2,1-2H3/t6-,7-,8-,9-,10+,11+,12-/m1/s1. The van der Waals surface area contributed by atoms with Gasteiger partial charge in [0.15, 0.2) is 12.6 Å². The Morgan fingerprint density at radius 2 is 1.75 bits per heavy atom. The molecule has 7 atom stereocenters. The lowest BCUT2D eigenvalue weighted by molar-refractivity contribution is -0.199. The van der Waals surface area contributed by atoms with Gasteiger partial charge in [0.2, 0.25) is 0 Å². The summed E-state index contributed by atoms with van der Waals surface area (Å²) < 4.78 is 16.6. The molecule has 0 aromatic carbocycles. The molecule has 1 aliphatic heterocycles. The van der Waals surface area contributed by atoms with Crippen LogP contribution in [0.4, 0.5) is 0 Å². The van der Waals surface area contributed by atoms with E-state index >= 15 is 0 Å². The van der Waals surface area contributed by atoms with Gasteiger partial charge in [-0.3, -0.25) is 0 Å². The largest absolute Gasteiger partial charge is 0.393 e. The van der Waals surface area contributed by atoms with E-state index in [-0.39, 0.29) is 18.7 Å². The van der Waals surface area contributed by atoms with E-state index in [1.54, 1.807) is 14.2 Å². The normalized spacial score (nSPS) is 55.3. The molecular formula is C12H20O4. The second-order valence-corrected chi connectivity index (χ2v) is 5.30. The van der Waals surface area contributed by atoms with Crippen molar-refractivity contribution in [2.75, 3.05) is 14.2 Å². The second-order valence-electron chi connectivity index (χ2n) is 5.30. The third-order valence-corrected chi connectivity index (χ3v) is 4.75. The van der Waals surface area contributed by atoms with Crippen molar-refractivity contribution in [1.82, 2.24) is 0 Å². The fourth-order valence-electron chi connectivity index (χ4n) is 4.13. The van der Waals surface area contributed by atoms with Crippen molar-refractivity contribution in [2.45, 2.75) is 37.9 Å². The van der Waals surface area contributed by atoms with Crippen molar-refractivity contribution in [1.29, 1.82) is 0 Å². The molecule has 1 heterocycles. The zero-order valence-corrected chi connectivity index (χ0v) is 9.83. The van der Waals surface area contributed by atoms with Crippen molar-refractivity contribution >= 4 is 0 Å². The topological polar surface area (TPSA) is 47.9 Å². The highest BCUT2D eigenvalue weighted by Crippen LogP contribution is 2.55. The molecule has 1 N–H and O–H groups in total. The molecule has 4 nitrogen and oxygen atoms in total. The summed E-state index contributed by atoms with van der Waals surface area (Å²) in [7, 11) is 3.37. The minimum absolute atomic E-state index is 0.143. The third kappa shape index (κ3) is 1.37. The van der Waals surface area contributed by atoms with E-state index in [1.165, 1.54) is 6.42 Å². The van der Waals surface area contributed by atoms with Gasteiger partial charge in [-0.1, -0.05) is 0 Å². The lowest BCUT2D eigenvalue weighted by atomic mass is 9.58. The lowest BCUT2D eigenvalue weighted by Crippen LogP contribution is -2.50. The van der Waals surface area contributed by atoms with Crippen molar-refractivity contribution in [2.24, 2.45) is 23.7 Å². The summed E-state index contributed by atoms with van der Waals surface area (Å²) in [6.07, 6.45) is 2.70. The molecule has 3 aliphatic carbocycles. The first-order valence-electron chi connectivity index (χ1n) is 6.15. The van der Waals surface area contributed by atoms with Gasteiger partial charge in [-0.15, -0.1) is 0 Å². The van der Waals surface area contributed by atoms with E-state index in [9.17, 15) is 5.11 Å². The maximum Gasteiger partial charge on any atom is 0.163 e. The van der Waals surface area contributed by atoms with Crippen LogP contribution < -0.4 is 0 Å². The molecule has 2 bridgehead atoms. The van der Waals surface area contributed by atoms with Crippen LogP contribution in [0.25, 0.3) is 0 Å². The first-order chi connectivity index (χ1) is 7.76. The first kappa shape index (κ1) is 11.0. The van der Waals surface area contributed by atoms with Crippen LogP contribution in [0.2, 0.25) is 0 Å². The Hall–Kier alpha value is -0.160. The highest BCUT2D eigenvalue weighted by atomic mass is 16.8.